The van der Waals surface area contributed by atoms with Crippen LogP contribution in [0, 0.1) is 5.82 Å². The Morgan fingerprint density at radius 1 is 0.943 bits per heavy atom. The van der Waals surface area contributed by atoms with Crippen LogP contribution in [0.25, 0.3) is 17.0 Å². The quantitative estimate of drug-likeness (QED) is 0.330. The maximum absolute atomic E-state index is 13.6. The average Bonchev–Trinajstić information content (AvgIpc) is 3.24. The summed E-state index contributed by atoms with van der Waals surface area (Å²) in [6, 6.07) is 20.3. The minimum Gasteiger partial charge on any atom is -0.343 e. The highest BCUT2D eigenvalue weighted by Crippen LogP contribution is 2.27. The number of nitrogens with one attached hydrogen (secondary N) is 1. The van der Waals surface area contributed by atoms with Crippen LogP contribution in [0.1, 0.15) is 23.6 Å². The van der Waals surface area contributed by atoms with Gasteiger partial charge in [0.15, 0.2) is 0 Å². The van der Waals surface area contributed by atoms with E-state index >= 15 is 0 Å². The van der Waals surface area contributed by atoms with E-state index in [1.54, 1.807) is 24.3 Å². The van der Waals surface area contributed by atoms with Crippen molar-refractivity contribution < 1.29 is 18.8 Å². The number of fused-ring (bicyclic) bond motifs is 1. The lowest BCUT2D eigenvalue weighted by molar-refractivity contribution is -0.122. The van der Waals surface area contributed by atoms with E-state index in [1.807, 2.05) is 54.1 Å². The first-order valence-corrected chi connectivity index (χ1v) is 11.3. The molecule has 0 aliphatic carbocycles. The zero-order valence-electron chi connectivity index (χ0n) is 19.0. The van der Waals surface area contributed by atoms with E-state index in [9.17, 15) is 18.8 Å². The van der Waals surface area contributed by atoms with Crippen LogP contribution in [0.2, 0.25) is 0 Å². The van der Waals surface area contributed by atoms with Gasteiger partial charge in [-0.05, 0) is 65.6 Å². The number of aryl methyl sites for hydroxylation is 1. The molecule has 4 amide bonds. The maximum Gasteiger partial charge on any atom is 0.335 e. The zero-order valence-corrected chi connectivity index (χ0v) is 19.0. The van der Waals surface area contributed by atoms with E-state index in [1.165, 1.54) is 18.2 Å². The smallest absolute Gasteiger partial charge is 0.335 e. The molecule has 6 nitrogen and oxygen atoms in total. The molecule has 1 aliphatic heterocycles. The van der Waals surface area contributed by atoms with Crippen LogP contribution < -0.4 is 10.2 Å². The van der Waals surface area contributed by atoms with E-state index in [0.717, 1.165) is 26.9 Å². The minimum absolute atomic E-state index is 0.117. The van der Waals surface area contributed by atoms with Crippen molar-refractivity contribution in [1.82, 2.24) is 9.88 Å². The number of carbonyl (C=O) groups excluding carboxylic acids is 3. The molecule has 0 spiro atoms. The third-order valence-electron chi connectivity index (χ3n) is 6.06. The molecule has 1 N–H and O–H groups in total. The molecule has 4 aromatic rings. The number of barbiturate groups is 1. The van der Waals surface area contributed by atoms with E-state index < -0.39 is 17.8 Å². The second-order valence-corrected chi connectivity index (χ2v) is 8.33. The topological polar surface area (TPSA) is 71.4 Å². The molecule has 3 aromatic carbocycles. The Morgan fingerprint density at radius 3 is 2.57 bits per heavy atom. The lowest BCUT2D eigenvalue weighted by Crippen LogP contribution is -2.54. The number of anilines is 1. The maximum atomic E-state index is 13.6. The Labute approximate surface area is 201 Å². The fourth-order valence-corrected chi connectivity index (χ4v) is 4.35. The predicted molar refractivity (Wildman–Crippen MR) is 132 cm³/mol. The Morgan fingerprint density at radius 2 is 1.77 bits per heavy atom. The highest BCUT2D eigenvalue weighted by molar-refractivity contribution is 6.39. The van der Waals surface area contributed by atoms with Gasteiger partial charge in [0.2, 0.25) is 0 Å². The van der Waals surface area contributed by atoms with Gasteiger partial charge < -0.3 is 4.57 Å². The van der Waals surface area contributed by atoms with Gasteiger partial charge in [-0.1, -0.05) is 43.3 Å². The largest absolute Gasteiger partial charge is 0.343 e. The molecule has 1 aliphatic rings. The van der Waals surface area contributed by atoms with Gasteiger partial charge >= 0.3 is 6.03 Å². The number of hydrogen-bond acceptors (Lipinski definition) is 3. The number of rotatable bonds is 5. The molecule has 1 aromatic heterocycles. The van der Waals surface area contributed by atoms with Crippen molar-refractivity contribution >= 4 is 40.5 Å². The van der Waals surface area contributed by atoms with Gasteiger partial charge in [-0.15, -0.1) is 0 Å². The monoisotopic (exact) mass is 467 g/mol. The van der Waals surface area contributed by atoms with Gasteiger partial charge in [0.05, 0.1) is 5.69 Å². The van der Waals surface area contributed by atoms with Gasteiger partial charge in [-0.2, -0.15) is 0 Å². The minimum atomic E-state index is -0.761. The van der Waals surface area contributed by atoms with Crippen molar-refractivity contribution in [2.75, 3.05) is 4.90 Å². The number of para-hydroxylation sites is 1. The van der Waals surface area contributed by atoms with Gasteiger partial charge in [0.1, 0.15) is 11.4 Å². The van der Waals surface area contributed by atoms with E-state index in [4.69, 9.17) is 0 Å². The molecular weight excluding hydrogens is 445 g/mol. The first kappa shape index (κ1) is 22.3. The number of carbonyl (C=O) groups is 3. The summed E-state index contributed by atoms with van der Waals surface area (Å²) in [7, 11) is 0. The second kappa shape index (κ2) is 9.02. The van der Waals surface area contributed by atoms with Gasteiger partial charge in [-0.25, -0.2) is 14.1 Å². The Bertz CT molecular complexity index is 1520. The van der Waals surface area contributed by atoms with Crippen LogP contribution in [0.15, 0.2) is 84.6 Å². The summed E-state index contributed by atoms with van der Waals surface area (Å²) in [5, 5.41) is 3.18. The zero-order chi connectivity index (χ0) is 24.5. The normalized spacial score (nSPS) is 15.2. The molecule has 0 bridgehead atoms. The van der Waals surface area contributed by atoms with Crippen molar-refractivity contribution in [3.8, 4) is 0 Å². The molecule has 1 fully saturated rings. The standard InChI is InChI=1S/C28H22FN3O3/c1-2-20-7-3-4-9-25(20)32-27(34)23(26(33)30-28(32)35)16-18-10-11-24-21(14-18)12-13-31(24)17-19-6-5-8-22(29)15-19/h3-16H,2,17H2,1H3,(H,30,33,35)/b23-16-. The van der Waals surface area contributed by atoms with Crippen LogP contribution in [-0.4, -0.2) is 22.4 Å². The molecule has 174 valence electrons. The van der Waals surface area contributed by atoms with Crippen molar-refractivity contribution in [3.63, 3.8) is 0 Å². The lowest BCUT2D eigenvalue weighted by atomic mass is 10.0. The van der Waals surface area contributed by atoms with Gasteiger partial charge in [0, 0.05) is 23.6 Å². The molecule has 0 unspecified atom stereocenters. The summed E-state index contributed by atoms with van der Waals surface area (Å²) in [6.45, 7) is 2.44. The number of urea groups is 1. The molecule has 0 atom stereocenters. The van der Waals surface area contributed by atoms with Crippen LogP contribution in [0.5, 0.6) is 0 Å². The summed E-state index contributed by atoms with van der Waals surface area (Å²) >= 11 is 0. The fraction of sp³-hybridized carbons (Fsp3) is 0.107. The third-order valence-corrected chi connectivity index (χ3v) is 6.06. The van der Waals surface area contributed by atoms with Crippen LogP contribution in [-0.2, 0) is 22.6 Å². The number of halogens is 1. The highest BCUT2D eigenvalue weighted by atomic mass is 19.1. The van der Waals surface area contributed by atoms with Gasteiger partial charge in [0.25, 0.3) is 11.8 Å². The Hall–Kier alpha value is -4.52. The molecule has 7 heteroatoms. The number of benzene rings is 3. The Kier molecular flexibility index (Phi) is 5.74. The van der Waals surface area contributed by atoms with Gasteiger partial charge in [-0.3, -0.25) is 14.9 Å². The highest BCUT2D eigenvalue weighted by Gasteiger charge is 2.37. The summed E-state index contributed by atoms with van der Waals surface area (Å²) in [6.07, 6.45) is 4.03. The molecule has 0 saturated carbocycles. The number of amides is 4. The average molecular weight is 468 g/mol. The number of imide groups is 2. The summed E-state index contributed by atoms with van der Waals surface area (Å²) < 4.78 is 15.6. The van der Waals surface area contributed by atoms with E-state index in [2.05, 4.69) is 5.32 Å². The summed E-state index contributed by atoms with van der Waals surface area (Å²) in [4.78, 5) is 39.4. The number of aromatic nitrogens is 1. The van der Waals surface area contributed by atoms with Crippen LogP contribution >= 0.6 is 0 Å². The van der Waals surface area contributed by atoms with E-state index in [-0.39, 0.29) is 11.4 Å². The molecule has 1 saturated heterocycles. The number of hydrogen-bond donors (Lipinski definition) is 1. The molecule has 35 heavy (non-hydrogen) atoms. The SMILES string of the molecule is CCc1ccccc1N1C(=O)NC(=O)/C(=C/c2ccc3c(ccn3Cc3cccc(F)c3)c2)C1=O. The van der Waals surface area contributed by atoms with Crippen molar-refractivity contribution in [3.05, 3.63) is 107 Å². The van der Waals surface area contributed by atoms with E-state index in [0.29, 0.717) is 24.2 Å². The fourth-order valence-electron chi connectivity index (χ4n) is 4.35. The predicted octanol–water partition coefficient (Wildman–Crippen LogP) is 5.06. The van der Waals surface area contributed by atoms with Crippen LogP contribution in [0.4, 0.5) is 14.9 Å². The number of nitrogens with zero attached hydrogens (tertiary/aromatic N) is 2. The second-order valence-electron chi connectivity index (χ2n) is 8.33. The van der Waals surface area contributed by atoms with Crippen molar-refractivity contribution in [2.45, 2.75) is 19.9 Å². The van der Waals surface area contributed by atoms with Crippen LogP contribution in [0.3, 0.4) is 0 Å². The summed E-state index contributed by atoms with van der Waals surface area (Å²) in [5.41, 5.74) is 3.60. The first-order chi connectivity index (χ1) is 16.9. The molecular formula is C28H22FN3O3. The van der Waals surface area contributed by atoms with Crippen molar-refractivity contribution in [2.24, 2.45) is 0 Å². The molecule has 2 heterocycles. The lowest BCUT2D eigenvalue weighted by Gasteiger charge is -2.28. The Balaban J connectivity index is 1.47. The first-order valence-electron chi connectivity index (χ1n) is 11.3. The molecule has 5 rings (SSSR count). The van der Waals surface area contributed by atoms with Crippen molar-refractivity contribution in [1.29, 1.82) is 0 Å². The molecule has 0 radical (unpaired) electrons. The third kappa shape index (κ3) is 4.24. The summed E-state index contributed by atoms with van der Waals surface area (Å²) in [5.74, 6) is -1.67.